The van der Waals surface area contributed by atoms with E-state index in [0.29, 0.717) is 11.9 Å². The van der Waals surface area contributed by atoms with Crippen LogP contribution in [-0.4, -0.2) is 54.5 Å². The van der Waals surface area contributed by atoms with Gasteiger partial charge in [-0.25, -0.2) is 0 Å². The zero-order chi connectivity index (χ0) is 16.9. The van der Waals surface area contributed by atoms with Gasteiger partial charge >= 0.3 is 0 Å². The number of carbonyl (C=O) groups is 1. The number of hydrogen-bond acceptors (Lipinski definition) is 3. The van der Waals surface area contributed by atoms with Crippen molar-refractivity contribution < 1.29 is 4.79 Å². The van der Waals surface area contributed by atoms with Gasteiger partial charge in [-0.1, -0.05) is 42.7 Å². The average molecular weight is 329 g/mol. The standard InChI is InChI=1S/C20H31N3O/c1-16-7-9-18(10-8-16)19(23-14-11-21-15-17(23)2)20(24)22-12-5-3-4-6-13-22/h7-10,17,19,21H,3-6,11-15H2,1-2H3. The van der Waals surface area contributed by atoms with Crippen molar-refractivity contribution in [2.45, 2.75) is 51.6 Å². The van der Waals surface area contributed by atoms with E-state index in [4.69, 9.17) is 0 Å². The predicted molar refractivity (Wildman–Crippen MR) is 98.0 cm³/mol. The molecule has 2 saturated heterocycles. The van der Waals surface area contributed by atoms with Crippen molar-refractivity contribution in [1.82, 2.24) is 15.1 Å². The van der Waals surface area contributed by atoms with Crippen molar-refractivity contribution in [2.75, 3.05) is 32.7 Å². The summed E-state index contributed by atoms with van der Waals surface area (Å²) in [6.07, 6.45) is 4.79. The molecule has 0 aliphatic carbocycles. The van der Waals surface area contributed by atoms with E-state index < -0.39 is 0 Å². The molecule has 2 fully saturated rings. The monoisotopic (exact) mass is 329 g/mol. The molecule has 132 valence electrons. The van der Waals surface area contributed by atoms with Gasteiger partial charge in [0.25, 0.3) is 0 Å². The highest BCUT2D eigenvalue weighted by Gasteiger charge is 2.35. The Morgan fingerprint density at radius 3 is 2.38 bits per heavy atom. The molecule has 0 spiro atoms. The quantitative estimate of drug-likeness (QED) is 0.926. The Morgan fingerprint density at radius 1 is 1.08 bits per heavy atom. The molecular weight excluding hydrogens is 298 g/mol. The molecule has 2 unspecified atom stereocenters. The van der Waals surface area contributed by atoms with E-state index in [9.17, 15) is 4.79 Å². The normalized spacial score (nSPS) is 24.4. The third-order valence-electron chi connectivity index (χ3n) is 5.43. The first-order valence-corrected chi connectivity index (χ1v) is 9.48. The molecule has 3 rings (SSSR count). The molecule has 2 aliphatic heterocycles. The Hall–Kier alpha value is -1.39. The Kier molecular flexibility index (Phi) is 5.90. The topological polar surface area (TPSA) is 35.6 Å². The van der Waals surface area contributed by atoms with Crippen molar-refractivity contribution in [1.29, 1.82) is 0 Å². The van der Waals surface area contributed by atoms with Crippen molar-refractivity contribution >= 4 is 5.91 Å². The molecule has 0 bridgehead atoms. The number of amides is 1. The molecule has 0 aromatic heterocycles. The van der Waals surface area contributed by atoms with Crippen LogP contribution in [0.25, 0.3) is 0 Å². The van der Waals surface area contributed by atoms with Crippen LogP contribution < -0.4 is 5.32 Å². The minimum absolute atomic E-state index is 0.138. The van der Waals surface area contributed by atoms with Crippen LogP contribution in [0.2, 0.25) is 0 Å². The first kappa shape index (κ1) is 17.4. The third kappa shape index (κ3) is 3.98. The Labute approximate surface area is 146 Å². The van der Waals surface area contributed by atoms with Crippen LogP contribution in [0.15, 0.2) is 24.3 Å². The first-order valence-electron chi connectivity index (χ1n) is 9.48. The number of nitrogens with zero attached hydrogens (tertiary/aromatic N) is 2. The van der Waals surface area contributed by atoms with E-state index in [-0.39, 0.29) is 6.04 Å². The number of rotatable bonds is 3. The fraction of sp³-hybridized carbons (Fsp3) is 0.650. The van der Waals surface area contributed by atoms with Gasteiger partial charge in [0.1, 0.15) is 6.04 Å². The lowest BCUT2D eigenvalue weighted by atomic mass is 9.99. The van der Waals surface area contributed by atoms with Crippen LogP contribution in [0, 0.1) is 6.92 Å². The van der Waals surface area contributed by atoms with Crippen LogP contribution in [-0.2, 0) is 4.79 Å². The first-order chi connectivity index (χ1) is 11.7. The molecule has 24 heavy (non-hydrogen) atoms. The van der Waals surface area contributed by atoms with Gasteiger partial charge in [-0.2, -0.15) is 0 Å². The molecule has 0 saturated carbocycles. The van der Waals surface area contributed by atoms with Gasteiger partial charge in [0.15, 0.2) is 0 Å². The summed E-state index contributed by atoms with van der Waals surface area (Å²) >= 11 is 0. The molecule has 1 N–H and O–H groups in total. The fourth-order valence-electron chi connectivity index (χ4n) is 3.93. The second-order valence-corrected chi connectivity index (χ2v) is 7.34. The summed E-state index contributed by atoms with van der Waals surface area (Å²) in [5.74, 6) is 0.300. The number of aryl methyl sites for hydroxylation is 1. The lowest BCUT2D eigenvalue weighted by Gasteiger charge is -2.41. The summed E-state index contributed by atoms with van der Waals surface area (Å²) in [6.45, 7) is 9.00. The van der Waals surface area contributed by atoms with Crippen molar-refractivity contribution in [2.24, 2.45) is 0 Å². The van der Waals surface area contributed by atoms with Crippen molar-refractivity contribution in [3.8, 4) is 0 Å². The number of likely N-dealkylation sites (tertiary alicyclic amines) is 1. The van der Waals surface area contributed by atoms with E-state index in [1.165, 1.54) is 18.4 Å². The summed E-state index contributed by atoms with van der Waals surface area (Å²) in [5.41, 5.74) is 2.39. The van der Waals surface area contributed by atoms with Gasteiger partial charge in [-0.05, 0) is 32.3 Å². The molecule has 2 aliphatic rings. The highest BCUT2D eigenvalue weighted by molar-refractivity contribution is 5.83. The van der Waals surface area contributed by atoms with E-state index in [1.54, 1.807) is 0 Å². The number of benzene rings is 1. The van der Waals surface area contributed by atoms with E-state index in [2.05, 4.69) is 53.2 Å². The van der Waals surface area contributed by atoms with E-state index in [1.807, 2.05) is 0 Å². The fourth-order valence-corrected chi connectivity index (χ4v) is 3.93. The third-order valence-corrected chi connectivity index (χ3v) is 5.43. The molecule has 2 atom stereocenters. The maximum Gasteiger partial charge on any atom is 0.244 e. The van der Waals surface area contributed by atoms with Gasteiger partial charge in [0.2, 0.25) is 5.91 Å². The molecule has 0 radical (unpaired) electrons. The van der Waals surface area contributed by atoms with Gasteiger partial charge < -0.3 is 10.2 Å². The second kappa shape index (κ2) is 8.13. The zero-order valence-electron chi connectivity index (χ0n) is 15.1. The molecular formula is C20H31N3O. The summed E-state index contributed by atoms with van der Waals surface area (Å²) in [6, 6.07) is 8.78. The lowest BCUT2D eigenvalue weighted by Crippen LogP contribution is -2.54. The highest BCUT2D eigenvalue weighted by Crippen LogP contribution is 2.27. The number of piperazine rings is 1. The summed E-state index contributed by atoms with van der Waals surface area (Å²) in [5, 5.41) is 3.44. The molecule has 1 aromatic carbocycles. The maximum absolute atomic E-state index is 13.4. The SMILES string of the molecule is Cc1ccc(C(C(=O)N2CCCCCC2)N2CCNCC2C)cc1. The predicted octanol–water partition coefficient (Wildman–Crippen LogP) is 2.73. The molecule has 1 amide bonds. The average Bonchev–Trinajstić information content (AvgIpc) is 2.88. The number of carbonyl (C=O) groups excluding carboxylic acids is 1. The summed E-state index contributed by atoms with van der Waals surface area (Å²) in [7, 11) is 0. The van der Waals surface area contributed by atoms with Gasteiger partial charge in [-0.15, -0.1) is 0 Å². The minimum Gasteiger partial charge on any atom is -0.341 e. The number of nitrogens with one attached hydrogen (secondary N) is 1. The number of hydrogen-bond donors (Lipinski definition) is 1. The van der Waals surface area contributed by atoms with Crippen LogP contribution in [0.3, 0.4) is 0 Å². The van der Waals surface area contributed by atoms with Crippen LogP contribution >= 0.6 is 0 Å². The smallest absolute Gasteiger partial charge is 0.244 e. The lowest BCUT2D eigenvalue weighted by molar-refractivity contribution is -0.138. The highest BCUT2D eigenvalue weighted by atomic mass is 16.2. The molecule has 2 heterocycles. The van der Waals surface area contributed by atoms with Gasteiger partial charge in [0, 0.05) is 38.8 Å². The molecule has 4 nitrogen and oxygen atoms in total. The van der Waals surface area contributed by atoms with Gasteiger partial charge in [0.05, 0.1) is 0 Å². The summed E-state index contributed by atoms with van der Waals surface area (Å²) < 4.78 is 0. The second-order valence-electron chi connectivity index (χ2n) is 7.34. The minimum atomic E-state index is -0.138. The van der Waals surface area contributed by atoms with Crippen LogP contribution in [0.4, 0.5) is 0 Å². The van der Waals surface area contributed by atoms with Crippen LogP contribution in [0.5, 0.6) is 0 Å². The molecule has 1 aromatic rings. The maximum atomic E-state index is 13.4. The Morgan fingerprint density at radius 2 is 1.75 bits per heavy atom. The van der Waals surface area contributed by atoms with E-state index in [0.717, 1.165) is 51.1 Å². The zero-order valence-corrected chi connectivity index (χ0v) is 15.1. The van der Waals surface area contributed by atoms with E-state index >= 15 is 0 Å². The van der Waals surface area contributed by atoms with Crippen molar-refractivity contribution in [3.05, 3.63) is 35.4 Å². The largest absolute Gasteiger partial charge is 0.341 e. The summed E-state index contributed by atoms with van der Waals surface area (Å²) in [4.78, 5) is 18.0. The molecule has 4 heteroatoms. The Bertz CT molecular complexity index is 534. The van der Waals surface area contributed by atoms with Gasteiger partial charge in [-0.3, -0.25) is 9.69 Å². The van der Waals surface area contributed by atoms with Crippen LogP contribution in [0.1, 0.15) is 49.8 Å². The van der Waals surface area contributed by atoms with Crippen molar-refractivity contribution in [3.63, 3.8) is 0 Å². The Balaban J connectivity index is 1.88.